The van der Waals surface area contributed by atoms with E-state index in [9.17, 15) is 29.1 Å². The van der Waals surface area contributed by atoms with E-state index in [-0.39, 0.29) is 68.2 Å². The number of Topliss-reactive ketones (excluding diaryl/α,β-unsaturated/α-hetero) is 1. The number of piperidine rings is 1. The van der Waals surface area contributed by atoms with Gasteiger partial charge in [-0.15, -0.1) is 0 Å². The number of nitrogens with one attached hydrogen (secondary N) is 4. The number of halogens is 2. The number of methoxy groups -OCH3 is 2. The summed E-state index contributed by atoms with van der Waals surface area (Å²) in [6.45, 7) is 2.43. The first kappa shape index (κ1) is 54.7. The molecular formula is C56H62Cl2N8O8. The van der Waals surface area contributed by atoms with E-state index in [0.29, 0.717) is 75.6 Å². The highest BCUT2D eigenvalue weighted by atomic mass is 35.5. The molecule has 2 aliphatic heterocycles. The molecule has 74 heavy (non-hydrogen) atoms. The van der Waals surface area contributed by atoms with Gasteiger partial charge in [-0.3, -0.25) is 28.9 Å². The van der Waals surface area contributed by atoms with E-state index in [0.717, 1.165) is 37.9 Å². The second-order valence-electron chi connectivity index (χ2n) is 18.2. The molecule has 1 aromatic heterocycles. The van der Waals surface area contributed by atoms with Crippen molar-refractivity contribution >= 4 is 70.6 Å². The first-order valence-electron chi connectivity index (χ1n) is 24.7. The smallest absolute Gasteiger partial charge is 0.270 e. The number of aliphatic hydroxyl groups excluding tert-OH is 1. The van der Waals surface area contributed by atoms with Crippen molar-refractivity contribution in [3.05, 3.63) is 158 Å². The van der Waals surface area contributed by atoms with E-state index in [1.807, 2.05) is 42.5 Å². The van der Waals surface area contributed by atoms with Crippen LogP contribution in [0.2, 0.25) is 10.0 Å². The van der Waals surface area contributed by atoms with Gasteiger partial charge in [0.05, 0.1) is 36.9 Å². The van der Waals surface area contributed by atoms with Gasteiger partial charge in [-0.05, 0) is 83.5 Å². The summed E-state index contributed by atoms with van der Waals surface area (Å²) >= 11 is 12.9. The molecule has 0 radical (unpaired) electrons. The van der Waals surface area contributed by atoms with Gasteiger partial charge in [0.15, 0.2) is 5.78 Å². The Morgan fingerprint density at radius 1 is 0.757 bits per heavy atom. The fourth-order valence-corrected chi connectivity index (χ4v) is 9.39. The minimum absolute atomic E-state index is 0.00114. The molecule has 4 aromatic carbocycles. The maximum Gasteiger partial charge on any atom is 0.270 e. The lowest BCUT2D eigenvalue weighted by Crippen LogP contribution is -2.52. The van der Waals surface area contributed by atoms with E-state index in [1.165, 1.54) is 37.7 Å². The molecule has 4 amide bonds. The molecule has 0 unspecified atom stereocenters. The Kier molecular flexibility index (Phi) is 20.1. The van der Waals surface area contributed by atoms with Gasteiger partial charge in [0.1, 0.15) is 35.4 Å². The molecule has 2 atom stereocenters. The fraction of sp³-hybridized carbons (Fsp3) is 0.339. The van der Waals surface area contributed by atoms with Crippen LogP contribution in [0.5, 0.6) is 11.5 Å². The first-order valence-corrected chi connectivity index (χ1v) is 25.4. The summed E-state index contributed by atoms with van der Waals surface area (Å²) in [5.74, 6) is -0.309. The zero-order valence-electron chi connectivity index (χ0n) is 41.6. The Balaban J connectivity index is 0.864. The van der Waals surface area contributed by atoms with Gasteiger partial charge in [-0.2, -0.15) is 0 Å². The number of unbranched alkanes of at least 4 members (excludes halogenated alkanes) is 3. The number of hydrogen-bond donors (Lipinski definition) is 5. The highest BCUT2D eigenvalue weighted by Gasteiger charge is 2.34. The average molecular weight is 1050 g/mol. The van der Waals surface area contributed by atoms with E-state index >= 15 is 0 Å². The number of fused-ring (bicyclic) bond motifs is 1. The SMILES string of the molecule is COc1ccc(/C=C2\CN(C(=O)[C@H](Cc3ccccc3)NC(=O)CCCCCCNC(=O)CNc3cc(C(=O)NC[C@@H](O)CN4CCc5ccccc5C4)ncn3)C/C(=C\c3ccc(OC)c(Cl)c3)C2=O)cc1Cl. The molecular weight excluding hydrogens is 984 g/mol. The number of β-amino-alcohol motifs (C(OH)–C–C–N with tert-alkyl or cyclic N) is 1. The lowest BCUT2D eigenvalue weighted by molar-refractivity contribution is -0.136. The van der Waals surface area contributed by atoms with Crippen LogP contribution in [0.15, 0.2) is 115 Å². The summed E-state index contributed by atoms with van der Waals surface area (Å²) in [6, 6.07) is 28.6. The van der Waals surface area contributed by atoms with Crippen LogP contribution in [-0.2, 0) is 38.6 Å². The van der Waals surface area contributed by atoms with Crippen molar-refractivity contribution in [2.24, 2.45) is 0 Å². The van der Waals surface area contributed by atoms with Crippen molar-refractivity contribution in [1.82, 2.24) is 35.7 Å². The van der Waals surface area contributed by atoms with Gasteiger partial charge < -0.3 is 40.7 Å². The van der Waals surface area contributed by atoms with Gasteiger partial charge in [-0.25, -0.2) is 9.97 Å². The largest absolute Gasteiger partial charge is 0.495 e. The number of nitrogens with zero attached hydrogens (tertiary/aromatic N) is 4. The van der Waals surface area contributed by atoms with Crippen LogP contribution < -0.4 is 30.7 Å². The number of ether oxygens (including phenoxy) is 2. The van der Waals surface area contributed by atoms with Crippen LogP contribution in [0.25, 0.3) is 12.2 Å². The Hall–Kier alpha value is -7.11. The second-order valence-corrected chi connectivity index (χ2v) is 19.0. The van der Waals surface area contributed by atoms with Gasteiger partial charge in [-0.1, -0.05) is 103 Å². The number of aromatic nitrogens is 2. The van der Waals surface area contributed by atoms with E-state index < -0.39 is 18.1 Å². The molecule has 3 heterocycles. The zero-order chi connectivity index (χ0) is 52.4. The number of hydrogen-bond acceptors (Lipinski definition) is 12. The minimum atomic E-state index is -0.922. The van der Waals surface area contributed by atoms with Gasteiger partial charge in [0.25, 0.3) is 5.91 Å². The van der Waals surface area contributed by atoms with Crippen molar-refractivity contribution in [2.75, 3.05) is 65.3 Å². The predicted molar refractivity (Wildman–Crippen MR) is 286 cm³/mol. The van der Waals surface area contributed by atoms with Crippen LogP contribution >= 0.6 is 23.2 Å². The summed E-state index contributed by atoms with van der Waals surface area (Å²) in [5, 5.41) is 22.9. The van der Waals surface area contributed by atoms with Crippen LogP contribution in [-0.4, -0.2) is 126 Å². The van der Waals surface area contributed by atoms with Gasteiger partial charge in [0, 0.05) is 75.9 Å². The second kappa shape index (κ2) is 27.3. The standard InChI is InChI=1S/C56H62Cl2N8O8/c1-73-49-19-17-38(26-45(49)57)24-42-33-66(34-43(54(42)70)25-39-18-20-50(74-2)46(58)27-39)56(72)48(28-37-12-6-5-7-13-37)64-52(68)16-8-3-4-11-22-59-53(69)31-60-51-29-47(62-36-63-51)55(71)61-30-44(67)35-65-23-21-40-14-9-10-15-41(40)32-65/h5-7,9-10,12-15,17-20,24-27,29,36,44,48,67H,3-4,8,11,16,21-23,28,30-35H2,1-2H3,(H,59,69)(H,61,71)(H,64,68)(H,60,62,63)/b42-24+,43-25+/t44-,48+/m1/s1. The number of carbonyl (C=O) groups is 5. The maximum atomic E-state index is 14.6. The molecule has 0 bridgehead atoms. The summed E-state index contributed by atoms with van der Waals surface area (Å²) < 4.78 is 10.6. The molecule has 5 N–H and O–H groups in total. The third-order valence-corrected chi connectivity index (χ3v) is 13.3. The molecule has 2 aliphatic rings. The summed E-state index contributed by atoms with van der Waals surface area (Å²) in [6.07, 6.45) is 7.95. The number of carbonyl (C=O) groups excluding carboxylic acids is 5. The third kappa shape index (κ3) is 15.9. The molecule has 388 valence electrons. The fourth-order valence-electron chi connectivity index (χ4n) is 8.86. The topological polar surface area (TPSA) is 204 Å². The van der Waals surface area contributed by atoms with Gasteiger partial charge in [0.2, 0.25) is 17.7 Å². The number of likely N-dealkylation sites (tertiary alicyclic amines) is 1. The summed E-state index contributed by atoms with van der Waals surface area (Å²) in [5.41, 5.74) is 5.56. The van der Waals surface area contributed by atoms with Crippen LogP contribution in [0.3, 0.4) is 0 Å². The number of benzene rings is 4. The summed E-state index contributed by atoms with van der Waals surface area (Å²) in [4.78, 5) is 79.7. The van der Waals surface area contributed by atoms with E-state index in [2.05, 4.69) is 48.3 Å². The minimum Gasteiger partial charge on any atom is -0.495 e. The van der Waals surface area contributed by atoms with Crippen molar-refractivity contribution < 1.29 is 38.6 Å². The Morgan fingerprint density at radius 3 is 2.07 bits per heavy atom. The number of rotatable bonds is 23. The highest BCUT2D eigenvalue weighted by molar-refractivity contribution is 6.32. The van der Waals surface area contributed by atoms with Crippen LogP contribution in [0.4, 0.5) is 5.82 Å². The van der Waals surface area contributed by atoms with E-state index in [4.69, 9.17) is 32.7 Å². The van der Waals surface area contributed by atoms with Crippen LogP contribution in [0, 0.1) is 0 Å². The molecule has 16 nitrogen and oxygen atoms in total. The molecule has 0 aliphatic carbocycles. The number of anilines is 1. The summed E-state index contributed by atoms with van der Waals surface area (Å²) in [7, 11) is 3.03. The van der Waals surface area contributed by atoms with Crippen molar-refractivity contribution in [3.63, 3.8) is 0 Å². The van der Waals surface area contributed by atoms with Gasteiger partial charge >= 0.3 is 0 Å². The molecule has 1 fully saturated rings. The Bertz CT molecular complexity index is 2770. The highest BCUT2D eigenvalue weighted by Crippen LogP contribution is 2.30. The number of aliphatic hydroxyl groups is 1. The lowest BCUT2D eigenvalue weighted by Gasteiger charge is -2.33. The predicted octanol–water partition coefficient (Wildman–Crippen LogP) is 6.73. The van der Waals surface area contributed by atoms with Crippen molar-refractivity contribution in [3.8, 4) is 11.5 Å². The Labute approximate surface area is 441 Å². The lowest BCUT2D eigenvalue weighted by atomic mass is 9.93. The van der Waals surface area contributed by atoms with Crippen LogP contribution in [0.1, 0.15) is 70.4 Å². The number of amides is 4. The molecule has 7 rings (SSSR count). The molecule has 1 saturated heterocycles. The van der Waals surface area contributed by atoms with Crippen molar-refractivity contribution in [2.45, 2.75) is 63.6 Å². The quantitative estimate of drug-likeness (QED) is 0.0341. The number of ketones is 1. The first-order chi connectivity index (χ1) is 35.8. The average Bonchev–Trinajstić information content (AvgIpc) is 3.40. The van der Waals surface area contributed by atoms with Crippen molar-refractivity contribution in [1.29, 1.82) is 0 Å². The monoisotopic (exact) mass is 1040 g/mol. The third-order valence-electron chi connectivity index (χ3n) is 12.7. The Morgan fingerprint density at radius 2 is 1.41 bits per heavy atom. The maximum absolute atomic E-state index is 14.6. The molecule has 5 aromatic rings. The molecule has 0 spiro atoms. The normalized spacial score (nSPS) is 15.5. The molecule has 0 saturated carbocycles. The zero-order valence-corrected chi connectivity index (χ0v) is 43.1. The van der Waals surface area contributed by atoms with E-state index in [1.54, 1.807) is 53.5 Å². The molecule has 18 heteroatoms.